The molecule has 0 fully saturated rings. The second-order valence-electron chi connectivity index (χ2n) is 5.26. The molecule has 0 atom stereocenters. The number of esters is 2. The summed E-state index contributed by atoms with van der Waals surface area (Å²) in [6.45, 7) is 2.92. The molecule has 0 aliphatic carbocycles. The molecule has 2 aromatic carbocycles. The molecule has 0 aliphatic heterocycles. The van der Waals surface area contributed by atoms with Gasteiger partial charge in [0.2, 0.25) is 0 Å². The van der Waals surface area contributed by atoms with E-state index < -0.39 is 23.7 Å². The zero-order chi connectivity index (χ0) is 19.9. The van der Waals surface area contributed by atoms with Crippen molar-refractivity contribution in [2.75, 3.05) is 18.5 Å². The summed E-state index contributed by atoms with van der Waals surface area (Å²) in [7, 11) is 0. The molecular weight excluding hydrogens is 363 g/mol. The highest BCUT2D eigenvalue weighted by molar-refractivity contribution is 5.96. The Morgan fingerprint density at radius 1 is 1.04 bits per heavy atom. The number of carbonyl (C=O) groups excluding carboxylic acids is 2. The van der Waals surface area contributed by atoms with Gasteiger partial charge in [-0.2, -0.15) is 13.2 Å². The summed E-state index contributed by atoms with van der Waals surface area (Å²) < 4.78 is 48.2. The molecule has 1 N–H and O–H groups in total. The maximum absolute atomic E-state index is 12.8. The first kappa shape index (κ1) is 20.0. The van der Waals surface area contributed by atoms with E-state index in [0.29, 0.717) is 0 Å². The molecule has 0 unspecified atom stereocenters. The highest BCUT2D eigenvalue weighted by atomic mass is 19.4. The van der Waals surface area contributed by atoms with Crippen LogP contribution in [0, 0.1) is 0 Å². The van der Waals surface area contributed by atoms with E-state index in [-0.39, 0.29) is 30.2 Å². The highest BCUT2D eigenvalue weighted by Gasteiger charge is 2.30. The lowest BCUT2D eigenvalue weighted by Gasteiger charge is -2.13. The zero-order valence-electron chi connectivity index (χ0n) is 14.1. The summed E-state index contributed by atoms with van der Waals surface area (Å²) in [5.41, 5.74) is -0.226. The van der Waals surface area contributed by atoms with Gasteiger partial charge in [-0.3, -0.25) is 0 Å². The lowest BCUT2D eigenvalue weighted by molar-refractivity contribution is -0.139. The summed E-state index contributed by atoms with van der Waals surface area (Å²) in [5, 5.41) is 2.78. The van der Waals surface area contributed by atoms with Crippen LogP contribution in [0.2, 0.25) is 0 Å². The van der Waals surface area contributed by atoms with Crippen LogP contribution in [0.4, 0.5) is 24.5 Å². The third-order valence-corrected chi connectivity index (χ3v) is 3.34. The number of hydrogen-bond donors (Lipinski definition) is 1. The van der Waals surface area contributed by atoms with Crippen LogP contribution < -0.4 is 5.32 Å². The molecule has 0 amide bonds. The van der Waals surface area contributed by atoms with Crippen molar-refractivity contribution in [1.29, 1.82) is 0 Å². The van der Waals surface area contributed by atoms with Crippen LogP contribution in [-0.2, 0) is 20.4 Å². The number of alkyl halides is 3. The quantitative estimate of drug-likeness (QED) is 0.441. The lowest BCUT2D eigenvalue weighted by atomic mass is 10.1. The fraction of sp³-hybridized carbons (Fsp3) is 0.158. The minimum atomic E-state index is -4.47. The van der Waals surface area contributed by atoms with Gasteiger partial charge in [0, 0.05) is 11.8 Å². The molecule has 0 spiro atoms. The number of halogens is 3. The molecule has 0 saturated carbocycles. The van der Waals surface area contributed by atoms with Gasteiger partial charge in [-0.1, -0.05) is 24.8 Å². The van der Waals surface area contributed by atoms with Gasteiger partial charge < -0.3 is 14.8 Å². The highest BCUT2D eigenvalue weighted by Crippen LogP contribution is 2.31. The van der Waals surface area contributed by atoms with Crippen molar-refractivity contribution >= 4 is 23.3 Å². The van der Waals surface area contributed by atoms with Gasteiger partial charge >= 0.3 is 18.1 Å². The molecule has 0 saturated heterocycles. The first-order chi connectivity index (χ1) is 12.8. The molecule has 0 bridgehead atoms. The molecular formula is C19H16F3NO4. The molecule has 8 heteroatoms. The first-order valence-electron chi connectivity index (χ1n) is 7.81. The van der Waals surface area contributed by atoms with Crippen LogP contribution in [0.1, 0.15) is 15.9 Å². The first-order valence-corrected chi connectivity index (χ1v) is 7.81. The SMILES string of the molecule is C=CC(=O)OCCOC(=O)c1ccccc1Nc1cccc(C(F)(F)F)c1. The molecule has 2 rings (SSSR count). The Hall–Kier alpha value is -3.29. The van der Waals surface area contributed by atoms with E-state index in [9.17, 15) is 22.8 Å². The number of ether oxygens (including phenoxy) is 2. The smallest absolute Gasteiger partial charge is 0.416 e. The van der Waals surface area contributed by atoms with E-state index >= 15 is 0 Å². The normalized spacial score (nSPS) is 10.8. The van der Waals surface area contributed by atoms with Gasteiger partial charge in [-0.15, -0.1) is 0 Å². The van der Waals surface area contributed by atoms with Crippen LogP contribution in [-0.4, -0.2) is 25.2 Å². The molecule has 5 nitrogen and oxygen atoms in total. The molecule has 0 aliphatic rings. The van der Waals surface area contributed by atoms with Gasteiger partial charge in [0.25, 0.3) is 0 Å². The third-order valence-electron chi connectivity index (χ3n) is 3.34. The van der Waals surface area contributed by atoms with Crippen molar-refractivity contribution in [2.45, 2.75) is 6.18 Å². The van der Waals surface area contributed by atoms with E-state index in [2.05, 4.69) is 11.9 Å². The topological polar surface area (TPSA) is 64.6 Å². The maximum atomic E-state index is 12.8. The minimum absolute atomic E-state index is 0.130. The number of benzene rings is 2. The number of rotatable bonds is 7. The number of anilines is 2. The van der Waals surface area contributed by atoms with Crippen molar-refractivity contribution in [3.05, 3.63) is 72.3 Å². The van der Waals surface area contributed by atoms with E-state index in [1.165, 1.54) is 24.3 Å². The summed E-state index contributed by atoms with van der Waals surface area (Å²) in [6.07, 6.45) is -3.49. The van der Waals surface area contributed by atoms with E-state index in [1.54, 1.807) is 12.1 Å². The van der Waals surface area contributed by atoms with Crippen molar-refractivity contribution in [3.63, 3.8) is 0 Å². The Morgan fingerprint density at radius 3 is 2.44 bits per heavy atom. The fourth-order valence-electron chi connectivity index (χ4n) is 2.11. The average Bonchev–Trinajstić information content (AvgIpc) is 2.65. The Morgan fingerprint density at radius 2 is 1.74 bits per heavy atom. The molecule has 0 radical (unpaired) electrons. The van der Waals surface area contributed by atoms with Crippen LogP contribution >= 0.6 is 0 Å². The van der Waals surface area contributed by atoms with Gasteiger partial charge in [-0.05, 0) is 30.3 Å². The Bertz CT molecular complexity index is 834. The van der Waals surface area contributed by atoms with Gasteiger partial charge in [-0.25, -0.2) is 9.59 Å². The Labute approximate surface area is 153 Å². The third kappa shape index (κ3) is 5.88. The molecule has 0 aromatic heterocycles. The number of nitrogens with one attached hydrogen (secondary N) is 1. The van der Waals surface area contributed by atoms with Crippen molar-refractivity contribution in [2.24, 2.45) is 0 Å². The predicted octanol–water partition coefficient (Wildman–Crippen LogP) is 4.34. The van der Waals surface area contributed by atoms with Crippen LogP contribution in [0.25, 0.3) is 0 Å². The largest absolute Gasteiger partial charge is 0.459 e. The van der Waals surface area contributed by atoms with Crippen LogP contribution in [0.3, 0.4) is 0 Å². The summed E-state index contributed by atoms with van der Waals surface area (Å²) in [5.74, 6) is -1.35. The Balaban J connectivity index is 2.08. The number of carbonyl (C=O) groups is 2. The fourth-order valence-corrected chi connectivity index (χ4v) is 2.11. The Kier molecular flexibility index (Phi) is 6.59. The van der Waals surface area contributed by atoms with Gasteiger partial charge in [0.1, 0.15) is 13.2 Å². The van der Waals surface area contributed by atoms with E-state index in [4.69, 9.17) is 9.47 Å². The second kappa shape index (κ2) is 8.88. The van der Waals surface area contributed by atoms with Crippen LogP contribution in [0.5, 0.6) is 0 Å². The van der Waals surface area contributed by atoms with E-state index in [0.717, 1.165) is 18.2 Å². The minimum Gasteiger partial charge on any atom is -0.459 e. The van der Waals surface area contributed by atoms with Gasteiger partial charge in [0.05, 0.1) is 16.8 Å². The average molecular weight is 379 g/mol. The monoisotopic (exact) mass is 379 g/mol. The molecule has 2 aromatic rings. The molecule has 142 valence electrons. The van der Waals surface area contributed by atoms with Gasteiger partial charge in [0.15, 0.2) is 0 Å². The summed E-state index contributed by atoms with van der Waals surface area (Å²) in [4.78, 5) is 23.1. The number of hydrogen-bond acceptors (Lipinski definition) is 5. The predicted molar refractivity (Wildman–Crippen MR) is 92.6 cm³/mol. The summed E-state index contributed by atoms with van der Waals surface area (Å²) in [6, 6.07) is 10.8. The summed E-state index contributed by atoms with van der Waals surface area (Å²) >= 11 is 0. The zero-order valence-corrected chi connectivity index (χ0v) is 14.1. The molecule has 27 heavy (non-hydrogen) atoms. The van der Waals surface area contributed by atoms with Crippen LogP contribution in [0.15, 0.2) is 61.2 Å². The van der Waals surface area contributed by atoms with Crippen molar-refractivity contribution in [1.82, 2.24) is 0 Å². The lowest BCUT2D eigenvalue weighted by Crippen LogP contribution is -2.14. The maximum Gasteiger partial charge on any atom is 0.416 e. The number of para-hydroxylation sites is 1. The van der Waals surface area contributed by atoms with Crippen molar-refractivity contribution < 1.29 is 32.2 Å². The molecule has 0 heterocycles. The second-order valence-corrected chi connectivity index (χ2v) is 5.26. The standard InChI is InChI=1S/C19H16F3NO4/c1-2-17(24)26-10-11-27-18(25)15-8-3-4-9-16(15)23-14-7-5-6-13(12-14)19(20,21)22/h2-9,12,23H,1,10-11H2. The van der Waals surface area contributed by atoms with E-state index in [1.807, 2.05) is 0 Å². The van der Waals surface area contributed by atoms with Crippen molar-refractivity contribution in [3.8, 4) is 0 Å².